The zero-order valence-electron chi connectivity index (χ0n) is 16.2. The molecule has 0 saturated carbocycles. The van der Waals surface area contributed by atoms with E-state index < -0.39 is 0 Å². The normalized spacial score (nSPS) is 11.3. The molecule has 0 aromatic heterocycles. The summed E-state index contributed by atoms with van der Waals surface area (Å²) in [5.74, 6) is 0. The van der Waals surface area contributed by atoms with E-state index in [0.717, 1.165) is 12.8 Å². The number of unbranched alkanes of at least 4 members (excludes halogenated alkanes) is 14. The number of carbonyl (C=O) groups is 1. The van der Waals surface area contributed by atoms with E-state index in [4.69, 9.17) is 0 Å². The van der Waals surface area contributed by atoms with Crippen molar-refractivity contribution in [2.75, 3.05) is 0 Å². The summed E-state index contributed by atoms with van der Waals surface area (Å²) in [7, 11) is 0. The Balaban J connectivity index is 3.06. The van der Waals surface area contributed by atoms with Crippen LogP contribution in [0.25, 0.3) is 0 Å². The SMILES string of the molecule is CCCCCCCCCCCCCCCCCC(=O)SC(C)C. The van der Waals surface area contributed by atoms with Crippen LogP contribution < -0.4 is 0 Å². The molecule has 0 aromatic carbocycles. The molecule has 0 radical (unpaired) electrons. The van der Waals surface area contributed by atoms with Gasteiger partial charge in [0.1, 0.15) is 0 Å². The molecule has 0 aromatic rings. The van der Waals surface area contributed by atoms with Gasteiger partial charge in [-0.3, -0.25) is 4.79 Å². The van der Waals surface area contributed by atoms with Gasteiger partial charge in [0.05, 0.1) is 0 Å². The van der Waals surface area contributed by atoms with Crippen molar-refractivity contribution in [3.8, 4) is 0 Å². The second-order valence-corrected chi connectivity index (χ2v) is 8.87. The van der Waals surface area contributed by atoms with Crippen LogP contribution in [-0.2, 0) is 4.79 Å². The van der Waals surface area contributed by atoms with Crippen LogP contribution in [0.1, 0.15) is 124 Å². The molecule has 0 rings (SSSR count). The maximum absolute atomic E-state index is 11.6. The molecular weight excluding hydrogens is 300 g/mol. The lowest BCUT2D eigenvalue weighted by molar-refractivity contribution is -0.111. The topological polar surface area (TPSA) is 17.1 Å². The Labute approximate surface area is 150 Å². The van der Waals surface area contributed by atoms with E-state index in [1.165, 1.54) is 102 Å². The molecule has 0 bridgehead atoms. The number of thioether (sulfide) groups is 1. The van der Waals surface area contributed by atoms with Crippen LogP contribution in [0.3, 0.4) is 0 Å². The highest BCUT2D eigenvalue weighted by atomic mass is 32.2. The van der Waals surface area contributed by atoms with Gasteiger partial charge in [0.2, 0.25) is 0 Å². The average molecular weight is 343 g/mol. The maximum Gasteiger partial charge on any atom is 0.189 e. The minimum absolute atomic E-state index is 0.384. The Morgan fingerprint density at radius 1 is 0.652 bits per heavy atom. The van der Waals surface area contributed by atoms with Gasteiger partial charge in [-0.1, -0.05) is 122 Å². The van der Waals surface area contributed by atoms with E-state index in [1.54, 1.807) is 0 Å². The zero-order chi connectivity index (χ0) is 17.2. The first-order chi connectivity index (χ1) is 11.2. The quantitative estimate of drug-likeness (QED) is 0.250. The van der Waals surface area contributed by atoms with Crippen LogP contribution in [0.5, 0.6) is 0 Å². The third kappa shape index (κ3) is 20.0. The molecule has 0 aliphatic rings. The van der Waals surface area contributed by atoms with Gasteiger partial charge < -0.3 is 0 Å². The second-order valence-electron chi connectivity index (χ2n) is 7.24. The van der Waals surface area contributed by atoms with Gasteiger partial charge in [-0.2, -0.15) is 0 Å². The van der Waals surface area contributed by atoms with Gasteiger partial charge in [-0.25, -0.2) is 0 Å². The Bertz CT molecular complexity index is 250. The monoisotopic (exact) mass is 342 g/mol. The molecule has 0 saturated heterocycles. The Morgan fingerprint density at radius 2 is 1.00 bits per heavy atom. The maximum atomic E-state index is 11.6. The van der Waals surface area contributed by atoms with Gasteiger partial charge in [0.15, 0.2) is 5.12 Å². The van der Waals surface area contributed by atoms with Crippen LogP contribution >= 0.6 is 11.8 Å². The average Bonchev–Trinajstić information content (AvgIpc) is 2.50. The van der Waals surface area contributed by atoms with E-state index >= 15 is 0 Å². The minimum atomic E-state index is 0.384. The molecule has 0 amide bonds. The van der Waals surface area contributed by atoms with Gasteiger partial charge in [0.25, 0.3) is 0 Å². The van der Waals surface area contributed by atoms with Crippen molar-refractivity contribution < 1.29 is 4.79 Å². The van der Waals surface area contributed by atoms with Crippen LogP contribution in [0.2, 0.25) is 0 Å². The first-order valence-electron chi connectivity index (χ1n) is 10.4. The Hall–Kier alpha value is 0.0200. The fourth-order valence-corrected chi connectivity index (χ4v) is 3.75. The Kier molecular flexibility index (Phi) is 18.4. The minimum Gasteiger partial charge on any atom is -0.287 e. The van der Waals surface area contributed by atoms with Crippen molar-refractivity contribution in [3.63, 3.8) is 0 Å². The van der Waals surface area contributed by atoms with E-state index in [2.05, 4.69) is 20.8 Å². The zero-order valence-corrected chi connectivity index (χ0v) is 17.0. The van der Waals surface area contributed by atoms with Gasteiger partial charge in [-0.05, 0) is 6.42 Å². The first kappa shape index (κ1) is 23.0. The number of rotatable bonds is 17. The van der Waals surface area contributed by atoms with Crippen molar-refractivity contribution >= 4 is 16.9 Å². The molecular formula is C21H42OS. The van der Waals surface area contributed by atoms with Crippen LogP contribution in [0.4, 0.5) is 0 Å². The summed E-state index contributed by atoms with van der Waals surface area (Å²) in [4.78, 5) is 11.6. The van der Waals surface area contributed by atoms with Gasteiger partial charge >= 0.3 is 0 Å². The molecule has 2 heteroatoms. The van der Waals surface area contributed by atoms with Crippen LogP contribution in [-0.4, -0.2) is 10.4 Å². The highest BCUT2D eigenvalue weighted by Crippen LogP contribution is 2.17. The molecule has 0 fully saturated rings. The van der Waals surface area contributed by atoms with Crippen molar-refractivity contribution in [3.05, 3.63) is 0 Å². The third-order valence-electron chi connectivity index (χ3n) is 4.35. The predicted octanol–water partition coefficient (Wildman–Crippen LogP) is 7.92. The fourth-order valence-electron chi connectivity index (χ4n) is 2.96. The highest BCUT2D eigenvalue weighted by molar-refractivity contribution is 8.14. The number of carbonyl (C=O) groups excluding carboxylic acids is 1. The van der Waals surface area contributed by atoms with Crippen LogP contribution in [0.15, 0.2) is 0 Å². The highest BCUT2D eigenvalue weighted by Gasteiger charge is 2.04. The van der Waals surface area contributed by atoms with Crippen molar-refractivity contribution in [1.82, 2.24) is 0 Å². The molecule has 0 aliphatic carbocycles. The molecule has 0 atom stereocenters. The fraction of sp³-hybridized carbons (Fsp3) is 0.952. The van der Waals surface area contributed by atoms with E-state index in [1.807, 2.05) is 0 Å². The third-order valence-corrected chi connectivity index (χ3v) is 5.29. The molecule has 0 N–H and O–H groups in total. The summed E-state index contributed by atoms with van der Waals surface area (Å²) in [6.45, 7) is 6.47. The lowest BCUT2D eigenvalue weighted by atomic mass is 10.0. The lowest BCUT2D eigenvalue weighted by Crippen LogP contribution is -1.97. The lowest BCUT2D eigenvalue weighted by Gasteiger charge is -2.04. The van der Waals surface area contributed by atoms with Crippen LogP contribution in [0, 0.1) is 0 Å². The molecule has 0 unspecified atom stereocenters. The molecule has 0 aliphatic heterocycles. The summed E-state index contributed by atoms with van der Waals surface area (Å²) >= 11 is 1.50. The second kappa shape index (κ2) is 18.4. The van der Waals surface area contributed by atoms with E-state index in [0.29, 0.717) is 10.4 Å². The van der Waals surface area contributed by atoms with E-state index in [9.17, 15) is 4.79 Å². The molecule has 0 spiro atoms. The molecule has 0 heterocycles. The summed E-state index contributed by atoms with van der Waals surface area (Å²) in [6.07, 6.45) is 21.5. The summed E-state index contributed by atoms with van der Waals surface area (Å²) < 4.78 is 0. The van der Waals surface area contributed by atoms with Crippen molar-refractivity contribution in [1.29, 1.82) is 0 Å². The summed E-state index contributed by atoms with van der Waals surface area (Å²) in [5.41, 5.74) is 0. The molecule has 1 nitrogen and oxygen atoms in total. The number of hydrogen-bond acceptors (Lipinski definition) is 2. The summed E-state index contributed by atoms with van der Waals surface area (Å²) in [5, 5.41) is 0.827. The molecule has 138 valence electrons. The standard InChI is InChI=1S/C21H42OS/c1-4-5-6-7-8-9-10-11-12-13-14-15-16-17-18-19-21(22)23-20(2)3/h20H,4-19H2,1-3H3. The largest absolute Gasteiger partial charge is 0.287 e. The van der Waals surface area contributed by atoms with Crippen molar-refractivity contribution in [2.45, 2.75) is 129 Å². The van der Waals surface area contributed by atoms with E-state index in [-0.39, 0.29) is 0 Å². The van der Waals surface area contributed by atoms with Gasteiger partial charge in [0, 0.05) is 11.7 Å². The molecule has 23 heavy (non-hydrogen) atoms. The Morgan fingerprint density at radius 3 is 1.35 bits per heavy atom. The first-order valence-corrected chi connectivity index (χ1v) is 11.2. The number of hydrogen-bond donors (Lipinski definition) is 0. The van der Waals surface area contributed by atoms with Crippen molar-refractivity contribution in [2.24, 2.45) is 0 Å². The van der Waals surface area contributed by atoms with Gasteiger partial charge in [-0.15, -0.1) is 0 Å². The summed E-state index contributed by atoms with van der Waals surface area (Å²) in [6, 6.07) is 0. The smallest absolute Gasteiger partial charge is 0.189 e. The predicted molar refractivity (Wildman–Crippen MR) is 107 cm³/mol.